The summed E-state index contributed by atoms with van der Waals surface area (Å²) in [6.45, 7) is 4.66. The third-order valence-corrected chi connectivity index (χ3v) is 5.66. The highest BCUT2D eigenvalue weighted by Gasteiger charge is 2.25. The van der Waals surface area contributed by atoms with Crippen LogP contribution in [0.4, 0.5) is 10.1 Å². The second-order valence-corrected chi connectivity index (χ2v) is 7.46. The van der Waals surface area contributed by atoms with Crippen LogP contribution in [-0.2, 0) is 4.79 Å². The molecule has 2 unspecified atom stereocenters. The third kappa shape index (κ3) is 4.79. The Bertz CT molecular complexity index is 717. The molecule has 0 spiro atoms. The van der Waals surface area contributed by atoms with Crippen molar-refractivity contribution in [3.63, 3.8) is 0 Å². The van der Waals surface area contributed by atoms with Crippen molar-refractivity contribution in [1.82, 2.24) is 10.2 Å². The minimum Gasteiger partial charge on any atom is -0.387 e. The van der Waals surface area contributed by atoms with E-state index in [1.807, 2.05) is 0 Å². The first-order chi connectivity index (χ1) is 13.1. The summed E-state index contributed by atoms with van der Waals surface area (Å²) in [6, 6.07) is 8.79. The van der Waals surface area contributed by atoms with E-state index < -0.39 is 0 Å². The maximum atomic E-state index is 13.1. The Labute approximate surface area is 160 Å². The molecule has 0 bridgehead atoms. The molecule has 1 aliphatic carbocycles. The smallest absolute Gasteiger partial charge is 0.266 e. The number of benzene rings is 1. The molecule has 3 rings (SSSR count). The number of amides is 1. The minimum atomic E-state index is -0.254. The van der Waals surface area contributed by atoms with Crippen LogP contribution in [-0.4, -0.2) is 43.0 Å². The molecule has 0 radical (unpaired) electrons. The van der Waals surface area contributed by atoms with Crippen LogP contribution in [0.5, 0.6) is 0 Å². The van der Waals surface area contributed by atoms with Crippen molar-refractivity contribution in [2.24, 2.45) is 5.92 Å². The van der Waals surface area contributed by atoms with E-state index in [0.29, 0.717) is 38.1 Å². The molecule has 1 saturated carbocycles. The van der Waals surface area contributed by atoms with Crippen molar-refractivity contribution in [1.29, 1.82) is 5.26 Å². The fraction of sp³-hybridized carbons (Fsp3) is 0.524. The zero-order valence-corrected chi connectivity index (χ0v) is 15.8. The van der Waals surface area contributed by atoms with Gasteiger partial charge in [-0.25, -0.2) is 4.39 Å². The van der Waals surface area contributed by atoms with E-state index in [0.717, 1.165) is 12.1 Å². The largest absolute Gasteiger partial charge is 0.387 e. The van der Waals surface area contributed by atoms with E-state index in [-0.39, 0.29) is 17.3 Å². The van der Waals surface area contributed by atoms with E-state index >= 15 is 0 Å². The maximum Gasteiger partial charge on any atom is 0.266 e. The van der Waals surface area contributed by atoms with Crippen LogP contribution in [0.15, 0.2) is 36.0 Å². The highest BCUT2D eigenvalue weighted by molar-refractivity contribution is 5.97. The van der Waals surface area contributed by atoms with E-state index in [1.54, 1.807) is 23.2 Å². The van der Waals surface area contributed by atoms with Crippen LogP contribution < -0.4 is 10.2 Å². The average Bonchev–Trinajstić information content (AvgIpc) is 2.70. The monoisotopic (exact) mass is 370 g/mol. The number of hydrogen-bond donors (Lipinski definition) is 1. The summed E-state index contributed by atoms with van der Waals surface area (Å²) in [5, 5.41) is 12.7. The molecule has 2 aliphatic rings. The molecule has 1 N–H and O–H groups in total. The van der Waals surface area contributed by atoms with Gasteiger partial charge >= 0.3 is 0 Å². The third-order valence-electron chi connectivity index (χ3n) is 5.66. The quantitative estimate of drug-likeness (QED) is 0.654. The molecule has 5 nitrogen and oxygen atoms in total. The van der Waals surface area contributed by atoms with Gasteiger partial charge in [0, 0.05) is 44.1 Å². The zero-order valence-electron chi connectivity index (χ0n) is 15.8. The van der Waals surface area contributed by atoms with Crippen molar-refractivity contribution < 1.29 is 9.18 Å². The SMILES string of the molecule is CC1CCCCC1N/C=C(/C#N)C(=O)N1CCN(c2ccc(F)cc2)CC1. The van der Waals surface area contributed by atoms with Gasteiger partial charge in [-0.3, -0.25) is 4.79 Å². The van der Waals surface area contributed by atoms with Crippen LogP contribution in [0.1, 0.15) is 32.6 Å². The molecule has 1 aromatic carbocycles. The fourth-order valence-electron chi connectivity index (χ4n) is 3.89. The molecule has 2 atom stereocenters. The summed E-state index contributed by atoms with van der Waals surface area (Å²) in [5.41, 5.74) is 1.12. The van der Waals surface area contributed by atoms with Gasteiger partial charge < -0.3 is 15.1 Å². The van der Waals surface area contributed by atoms with Crippen molar-refractivity contribution in [2.75, 3.05) is 31.1 Å². The van der Waals surface area contributed by atoms with Crippen LogP contribution in [0.25, 0.3) is 0 Å². The lowest BCUT2D eigenvalue weighted by atomic mass is 9.86. The maximum absolute atomic E-state index is 13.1. The second-order valence-electron chi connectivity index (χ2n) is 7.46. The van der Waals surface area contributed by atoms with Gasteiger partial charge in [-0.1, -0.05) is 19.8 Å². The number of piperazine rings is 1. The summed E-state index contributed by atoms with van der Waals surface area (Å²) in [6.07, 6.45) is 6.33. The van der Waals surface area contributed by atoms with Gasteiger partial charge in [0.05, 0.1) is 0 Å². The lowest BCUT2D eigenvalue weighted by molar-refractivity contribution is -0.127. The number of hydrogen-bond acceptors (Lipinski definition) is 4. The summed E-state index contributed by atoms with van der Waals surface area (Å²) < 4.78 is 13.1. The van der Waals surface area contributed by atoms with Gasteiger partial charge in [-0.15, -0.1) is 0 Å². The molecule has 1 aromatic rings. The predicted octanol–water partition coefficient (Wildman–Crippen LogP) is 3.05. The van der Waals surface area contributed by atoms with Gasteiger partial charge in [0.25, 0.3) is 5.91 Å². The molecule has 0 aromatic heterocycles. The number of halogens is 1. The molecule has 144 valence electrons. The molecule has 1 heterocycles. The summed E-state index contributed by atoms with van der Waals surface area (Å²) >= 11 is 0. The number of nitriles is 1. The van der Waals surface area contributed by atoms with Crippen molar-refractivity contribution >= 4 is 11.6 Å². The van der Waals surface area contributed by atoms with Crippen molar-refractivity contribution in [3.05, 3.63) is 41.9 Å². The Morgan fingerprint density at radius 2 is 1.85 bits per heavy atom. The molecular weight excluding hydrogens is 343 g/mol. The van der Waals surface area contributed by atoms with Crippen LogP contribution in [0.2, 0.25) is 0 Å². The van der Waals surface area contributed by atoms with Crippen LogP contribution in [0, 0.1) is 23.1 Å². The van der Waals surface area contributed by atoms with E-state index in [1.165, 1.54) is 31.4 Å². The number of carbonyl (C=O) groups is 1. The normalized spacial score (nSPS) is 23.7. The molecule has 1 amide bonds. The predicted molar refractivity (Wildman–Crippen MR) is 103 cm³/mol. The zero-order chi connectivity index (χ0) is 19.2. The number of rotatable bonds is 4. The topological polar surface area (TPSA) is 59.4 Å². The summed E-state index contributed by atoms with van der Waals surface area (Å²) in [4.78, 5) is 16.5. The molecule has 1 aliphatic heterocycles. The van der Waals surface area contributed by atoms with E-state index in [9.17, 15) is 14.4 Å². The van der Waals surface area contributed by atoms with Gasteiger partial charge in [-0.05, 0) is 43.0 Å². The first-order valence-corrected chi connectivity index (χ1v) is 9.74. The average molecular weight is 370 g/mol. The Morgan fingerprint density at radius 3 is 2.48 bits per heavy atom. The molecule has 1 saturated heterocycles. The van der Waals surface area contributed by atoms with Gasteiger partial charge in [-0.2, -0.15) is 5.26 Å². The standard InChI is InChI=1S/C21H27FN4O/c1-16-4-2-3-5-20(16)24-15-17(14-23)21(27)26-12-10-25(11-13-26)19-8-6-18(22)7-9-19/h6-9,15-16,20,24H,2-5,10-13H2,1H3/b17-15-. The number of carbonyl (C=O) groups excluding carboxylic acids is 1. The van der Waals surface area contributed by atoms with Gasteiger partial charge in [0.2, 0.25) is 0 Å². The molecule has 2 fully saturated rings. The highest BCUT2D eigenvalue weighted by Crippen LogP contribution is 2.24. The fourth-order valence-corrected chi connectivity index (χ4v) is 3.89. The Balaban J connectivity index is 1.56. The van der Waals surface area contributed by atoms with Crippen molar-refractivity contribution in [2.45, 2.75) is 38.6 Å². The summed E-state index contributed by atoms with van der Waals surface area (Å²) in [5.74, 6) is 0.0904. The number of nitrogens with zero attached hydrogens (tertiary/aromatic N) is 3. The molecule has 6 heteroatoms. The van der Waals surface area contributed by atoms with Crippen LogP contribution >= 0.6 is 0 Å². The lowest BCUT2D eigenvalue weighted by Gasteiger charge is -2.36. The van der Waals surface area contributed by atoms with Crippen LogP contribution in [0.3, 0.4) is 0 Å². The van der Waals surface area contributed by atoms with Gasteiger partial charge in [0.1, 0.15) is 17.5 Å². The number of nitrogens with one attached hydrogen (secondary N) is 1. The van der Waals surface area contributed by atoms with E-state index in [4.69, 9.17) is 0 Å². The second kappa shape index (κ2) is 8.90. The Kier molecular flexibility index (Phi) is 6.33. The first kappa shape index (κ1) is 19.2. The summed E-state index contributed by atoms with van der Waals surface area (Å²) in [7, 11) is 0. The Hall–Kier alpha value is -2.55. The van der Waals surface area contributed by atoms with Crippen molar-refractivity contribution in [3.8, 4) is 6.07 Å². The first-order valence-electron chi connectivity index (χ1n) is 9.74. The minimum absolute atomic E-state index is 0.169. The lowest BCUT2D eigenvalue weighted by Crippen LogP contribution is -2.49. The van der Waals surface area contributed by atoms with E-state index in [2.05, 4.69) is 23.2 Å². The molecular formula is C21H27FN4O. The van der Waals surface area contributed by atoms with Gasteiger partial charge in [0.15, 0.2) is 0 Å². The highest BCUT2D eigenvalue weighted by atomic mass is 19.1. The Morgan fingerprint density at radius 1 is 1.19 bits per heavy atom. The number of anilines is 1. The molecule has 27 heavy (non-hydrogen) atoms.